The van der Waals surface area contributed by atoms with Gasteiger partial charge in [0.2, 0.25) is 0 Å². The minimum Gasteiger partial charge on any atom is -0.463 e. The topological polar surface area (TPSA) is 132 Å². The Morgan fingerprint density at radius 3 is 2.48 bits per heavy atom. The van der Waals surface area contributed by atoms with Gasteiger partial charge in [-0.15, -0.1) is 0 Å². The molecule has 3 aromatic rings. The highest BCUT2D eigenvalue weighted by Gasteiger charge is 2.36. The van der Waals surface area contributed by atoms with Crippen molar-refractivity contribution < 1.29 is 19.1 Å². The lowest BCUT2D eigenvalue weighted by molar-refractivity contribution is -0.422. The Morgan fingerprint density at radius 1 is 1.06 bits per heavy atom. The molecule has 31 heavy (non-hydrogen) atoms. The van der Waals surface area contributed by atoms with Crippen molar-refractivity contribution in [2.75, 3.05) is 0 Å². The van der Waals surface area contributed by atoms with Gasteiger partial charge in [-0.3, -0.25) is 25.0 Å². The summed E-state index contributed by atoms with van der Waals surface area (Å²) in [4.78, 5) is 33.8. The van der Waals surface area contributed by atoms with Crippen molar-refractivity contribution >= 4 is 34.6 Å². The van der Waals surface area contributed by atoms with E-state index in [1.54, 1.807) is 36.4 Å². The molecule has 1 atom stereocenters. The lowest BCUT2D eigenvalue weighted by atomic mass is 10.0. The van der Waals surface area contributed by atoms with Crippen LogP contribution in [0.4, 0.5) is 11.4 Å². The molecule has 1 aromatic heterocycles. The number of hydrogen-bond donors (Lipinski definition) is 0. The van der Waals surface area contributed by atoms with Crippen LogP contribution in [0.15, 0.2) is 70.4 Å². The minimum atomic E-state index is -0.898. The standard InChI is InChI=1S/C20H13ClN4O6/c21-14-4-1-3-12(9-14)17-11-15(19-5-2-8-31-19)22-23(17)20(26)13-6-7-16(24(27)28)18(10-13)25(29)30/h1-10,17H,11H2/t17-/m1/s1. The van der Waals surface area contributed by atoms with E-state index in [-0.39, 0.29) is 5.56 Å². The van der Waals surface area contributed by atoms with E-state index in [4.69, 9.17) is 16.0 Å². The molecule has 0 N–H and O–H groups in total. The number of furan rings is 1. The van der Waals surface area contributed by atoms with Crippen LogP contribution in [0.2, 0.25) is 5.02 Å². The third-order valence-electron chi connectivity index (χ3n) is 4.77. The van der Waals surface area contributed by atoms with Gasteiger partial charge >= 0.3 is 11.4 Å². The molecule has 2 aromatic carbocycles. The molecule has 156 valence electrons. The van der Waals surface area contributed by atoms with Gasteiger partial charge in [0.15, 0.2) is 0 Å². The molecule has 4 rings (SSSR count). The van der Waals surface area contributed by atoms with Crippen LogP contribution < -0.4 is 0 Å². The van der Waals surface area contributed by atoms with Crippen LogP contribution in [-0.4, -0.2) is 26.5 Å². The molecule has 1 aliphatic heterocycles. The van der Waals surface area contributed by atoms with E-state index < -0.39 is 33.2 Å². The van der Waals surface area contributed by atoms with E-state index in [2.05, 4.69) is 5.10 Å². The molecule has 11 heteroatoms. The highest BCUT2D eigenvalue weighted by Crippen LogP contribution is 2.36. The fourth-order valence-electron chi connectivity index (χ4n) is 3.35. The first-order valence-electron chi connectivity index (χ1n) is 8.98. The van der Waals surface area contributed by atoms with Gasteiger partial charge < -0.3 is 4.42 Å². The van der Waals surface area contributed by atoms with Crippen molar-refractivity contribution in [1.29, 1.82) is 0 Å². The summed E-state index contributed by atoms with van der Waals surface area (Å²) in [7, 11) is 0. The van der Waals surface area contributed by atoms with E-state index in [1.807, 2.05) is 0 Å². The van der Waals surface area contributed by atoms with Crippen molar-refractivity contribution in [3.8, 4) is 0 Å². The van der Waals surface area contributed by atoms with Crippen LogP contribution in [0, 0.1) is 20.2 Å². The third kappa shape index (κ3) is 3.88. The molecule has 1 amide bonds. The van der Waals surface area contributed by atoms with Gasteiger partial charge in [-0.25, -0.2) is 5.01 Å². The van der Waals surface area contributed by atoms with E-state index in [1.165, 1.54) is 17.3 Å². The van der Waals surface area contributed by atoms with Crippen molar-refractivity contribution in [2.24, 2.45) is 5.10 Å². The molecule has 0 saturated heterocycles. The molecule has 0 aliphatic carbocycles. The number of amides is 1. The Kier molecular flexibility index (Phi) is 5.22. The maximum absolute atomic E-state index is 13.2. The van der Waals surface area contributed by atoms with Crippen LogP contribution in [0.1, 0.15) is 34.1 Å². The number of rotatable bonds is 5. The Balaban J connectivity index is 1.76. The largest absolute Gasteiger partial charge is 0.463 e. The number of nitro benzene ring substituents is 2. The fraction of sp³-hybridized carbons (Fsp3) is 0.100. The molecule has 10 nitrogen and oxygen atoms in total. The van der Waals surface area contributed by atoms with Crippen LogP contribution in [0.3, 0.4) is 0 Å². The molecular weight excluding hydrogens is 428 g/mol. The zero-order valence-corrected chi connectivity index (χ0v) is 16.4. The van der Waals surface area contributed by atoms with Crippen LogP contribution >= 0.6 is 11.6 Å². The summed E-state index contributed by atoms with van der Waals surface area (Å²) in [5.41, 5.74) is -0.352. The van der Waals surface area contributed by atoms with Gasteiger partial charge in [0, 0.05) is 29.1 Å². The molecule has 0 radical (unpaired) electrons. The molecule has 0 fully saturated rings. The maximum Gasteiger partial charge on any atom is 0.346 e. The van der Waals surface area contributed by atoms with Crippen molar-refractivity contribution in [1.82, 2.24) is 5.01 Å². The lowest BCUT2D eigenvalue weighted by Crippen LogP contribution is -2.27. The smallest absolute Gasteiger partial charge is 0.346 e. The summed E-state index contributed by atoms with van der Waals surface area (Å²) in [5.74, 6) is -0.165. The molecule has 0 saturated carbocycles. The Morgan fingerprint density at radius 2 is 1.84 bits per heavy atom. The van der Waals surface area contributed by atoms with E-state index in [0.717, 1.165) is 12.1 Å². The van der Waals surface area contributed by atoms with Gasteiger partial charge in [0.25, 0.3) is 5.91 Å². The molecule has 2 heterocycles. The minimum absolute atomic E-state index is 0.103. The van der Waals surface area contributed by atoms with E-state index in [0.29, 0.717) is 28.5 Å². The number of nitro groups is 2. The second-order valence-corrected chi connectivity index (χ2v) is 7.10. The lowest BCUT2D eigenvalue weighted by Gasteiger charge is -2.22. The summed E-state index contributed by atoms with van der Waals surface area (Å²) in [6.45, 7) is 0. The van der Waals surface area contributed by atoms with Crippen LogP contribution in [0.25, 0.3) is 0 Å². The second kappa shape index (κ2) is 8.00. The predicted octanol–water partition coefficient (Wildman–Crippen LogP) is 4.74. The monoisotopic (exact) mass is 440 g/mol. The number of hydrazone groups is 1. The summed E-state index contributed by atoms with van der Waals surface area (Å²) < 4.78 is 5.39. The predicted molar refractivity (Wildman–Crippen MR) is 110 cm³/mol. The van der Waals surface area contributed by atoms with Crippen molar-refractivity contribution in [2.45, 2.75) is 12.5 Å². The normalized spacial score (nSPS) is 15.6. The van der Waals surface area contributed by atoms with E-state index >= 15 is 0 Å². The van der Waals surface area contributed by atoms with Crippen LogP contribution in [-0.2, 0) is 0 Å². The molecule has 0 bridgehead atoms. The number of hydrogen-bond acceptors (Lipinski definition) is 7. The van der Waals surface area contributed by atoms with Crippen LogP contribution in [0.5, 0.6) is 0 Å². The summed E-state index contributed by atoms with van der Waals surface area (Å²) >= 11 is 6.11. The Hall–Kier alpha value is -4.05. The van der Waals surface area contributed by atoms with Gasteiger partial charge in [0.1, 0.15) is 11.5 Å². The van der Waals surface area contributed by atoms with E-state index in [9.17, 15) is 25.0 Å². The summed E-state index contributed by atoms with van der Waals surface area (Å²) in [5, 5.41) is 28.4. The fourth-order valence-corrected chi connectivity index (χ4v) is 3.55. The zero-order valence-electron chi connectivity index (χ0n) is 15.7. The molecule has 1 aliphatic rings. The third-order valence-corrected chi connectivity index (χ3v) is 5.01. The van der Waals surface area contributed by atoms with Gasteiger partial charge in [0.05, 0.1) is 22.2 Å². The second-order valence-electron chi connectivity index (χ2n) is 6.67. The van der Waals surface area contributed by atoms with Gasteiger partial charge in [-0.2, -0.15) is 5.10 Å². The first-order chi connectivity index (χ1) is 14.8. The SMILES string of the molecule is O=C(c1ccc([N+](=O)[O-])c([N+](=O)[O-])c1)N1N=C(c2ccco2)C[C@@H]1c1cccc(Cl)c1. The molecular formula is C20H13ClN4O6. The average Bonchev–Trinajstić information content (AvgIpc) is 3.42. The number of carbonyl (C=O) groups is 1. The van der Waals surface area contributed by atoms with Gasteiger partial charge in [-0.1, -0.05) is 23.7 Å². The highest BCUT2D eigenvalue weighted by molar-refractivity contribution is 6.30. The Labute approximate surface area is 179 Å². The summed E-state index contributed by atoms with van der Waals surface area (Å²) in [6.07, 6.45) is 1.81. The van der Waals surface area contributed by atoms with Crippen molar-refractivity contribution in [3.63, 3.8) is 0 Å². The maximum atomic E-state index is 13.2. The number of benzene rings is 2. The molecule has 0 spiro atoms. The number of halogens is 1. The zero-order chi connectivity index (χ0) is 22.1. The van der Waals surface area contributed by atoms with Gasteiger partial charge in [-0.05, 0) is 35.9 Å². The highest BCUT2D eigenvalue weighted by atomic mass is 35.5. The van der Waals surface area contributed by atoms with Crippen molar-refractivity contribution in [3.05, 3.63) is 103 Å². The first-order valence-corrected chi connectivity index (χ1v) is 9.36. The quantitative estimate of drug-likeness (QED) is 0.415. The number of carbonyl (C=O) groups excluding carboxylic acids is 1. The number of nitrogens with zero attached hydrogens (tertiary/aromatic N) is 4. The average molecular weight is 441 g/mol. The summed E-state index contributed by atoms with van der Waals surface area (Å²) in [6, 6.07) is 12.8. The Bertz CT molecular complexity index is 1220. The first kappa shape index (κ1) is 20.2. The molecule has 0 unspecified atom stereocenters.